The van der Waals surface area contributed by atoms with Crippen LogP contribution in [0.5, 0.6) is 0 Å². The van der Waals surface area contributed by atoms with Crippen LogP contribution in [0, 0.1) is 28.1 Å². The quantitative estimate of drug-likeness (QED) is 0.511. The number of primary amides is 1. The maximum absolute atomic E-state index is 12.4. The molecule has 8 heteroatoms. The molecule has 0 spiro atoms. The van der Waals surface area contributed by atoms with Crippen molar-refractivity contribution in [1.29, 1.82) is 10.5 Å². The fourth-order valence-electron chi connectivity index (χ4n) is 4.60. The summed E-state index contributed by atoms with van der Waals surface area (Å²) in [4.78, 5) is 19.3. The first kappa shape index (κ1) is 25.0. The van der Waals surface area contributed by atoms with Crippen LogP contribution in [0.2, 0.25) is 0 Å². The molecule has 0 bridgehead atoms. The summed E-state index contributed by atoms with van der Waals surface area (Å²) in [5, 5.41) is 23.5. The highest BCUT2D eigenvalue weighted by atomic mass is 32.2. The molecule has 1 unspecified atom stereocenters. The molecule has 2 aromatic rings. The SMILES string of the molecule is CCc1c(C#N)c(SC(C(N)=O)c2ccccc2)nc(N2CCC(NCC3(C)CC3)CC2)c1C#N. The van der Waals surface area contributed by atoms with Gasteiger partial charge in [-0.3, -0.25) is 4.79 Å². The van der Waals surface area contributed by atoms with Crippen LogP contribution in [0.3, 0.4) is 0 Å². The van der Waals surface area contributed by atoms with Crippen molar-refractivity contribution >= 4 is 23.5 Å². The van der Waals surface area contributed by atoms with E-state index in [4.69, 9.17) is 10.7 Å². The van der Waals surface area contributed by atoms with Gasteiger partial charge in [0.05, 0.1) is 11.1 Å². The van der Waals surface area contributed by atoms with Gasteiger partial charge in [0.25, 0.3) is 0 Å². The van der Waals surface area contributed by atoms with Crippen LogP contribution in [0.1, 0.15) is 67.0 Å². The number of pyridine rings is 1. The third-order valence-corrected chi connectivity index (χ3v) is 8.39. The predicted octanol–water partition coefficient (Wildman–Crippen LogP) is 4.06. The molecule has 2 fully saturated rings. The second-order valence-corrected chi connectivity index (χ2v) is 10.9. The average Bonchev–Trinajstić information content (AvgIpc) is 3.62. The fourth-order valence-corrected chi connectivity index (χ4v) is 5.66. The lowest BCUT2D eigenvalue weighted by atomic mass is 9.99. The van der Waals surface area contributed by atoms with Gasteiger partial charge in [-0.15, -0.1) is 0 Å². The standard InChI is InChI=1S/C27H32N6OS/c1-3-20-21(15-28)25(33-13-9-19(10-14-33)31-17-27(2)11-12-27)32-26(22(20)16-29)35-23(24(30)34)18-7-5-4-6-8-18/h4-8,19,23,31H,3,9-14,17H2,1-2H3,(H2,30,34). The van der Waals surface area contributed by atoms with Crippen LogP contribution < -0.4 is 16.0 Å². The lowest BCUT2D eigenvalue weighted by molar-refractivity contribution is -0.117. The van der Waals surface area contributed by atoms with Crippen molar-refractivity contribution in [3.8, 4) is 12.1 Å². The molecule has 4 rings (SSSR count). The van der Waals surface area contributed by atoms with Gasteiger partial charge in [-0.25, -0.2) is 4.98 Å². The zero-order valence-electron chi connectivity index (χ0n) is 20.4. The first-order chi connectivity index (χ1) is 16.9. The minimum absolute atomic E-state index is 0.356. The van der Waals surface area contributed by atoms with E-state index in [2.05, 4.69) is 29.3 Å². The Bertz CT molecular complexity index is 1160. The van der Waals surface area contributed by atoms with Crippen molar-refractivity contribution in [2.75, 3.05) is 24.5 Å². The molecule has 1 aliphatic carbocycles. The van der Waals surface area contributed by atoms with Gasteiger partial charge in [0.1, 0.15) is 28.2 Å². The van der Waals surface area contributed by atoms with E-state index in [1.807, 2.05) is 37.3 Å². The van der Waals surface area contributed by atoms with Crippen LogP contribution in [0.4, 0.5) is 5.82 Å². The molecule has 2 heterocycles. The topological polar surface area (TPSA) is 119 Å². The van der Waals surface area contributed by atoms with Crippen molar-refractivity contribution in [2.45, 2.75) is 62.3 Å². The number of anilines is 1. The van der Waals surface area contributed by atoms with Crippen LogP contribution in [-0.4, -0.2) is 36.6 Å². The first-order valence-corrected chi connectivity index (χ1v) is 13.1. The number of aromatic nitrogens is 1. The Morgan fingerprint density at radius 3 is 2.43 bits per heavy atom. The maximum Gasteiger partial charge on any atom is 0.235 e. The second-order valence-electron chi connectivity index (χ2n) is 9.81. The minimum atomic E-state index is -0.681. The predicted molar refractivity (Wildman–Crippen MR) is 138 cm³/mol. The molecule has 1 atom stereocenters. The van der Waals surface area contributed by atoms with Gasteiger partial charge in [-0.2, -0.15) is 10.5 Å². The Morgan fingerprint density at radius 2 is 1.89 bits per heavy atom. The number of nitrogens with zero attached hydrogens (tertiary/aromatic N) is 4. The summed E-state index contributed by atoms with van der Waals surface area (Å²) in [7, 11) is 0. The third-order valence-electron chi connectivity index (χ3n) is 7.13. The van der Waals surface area contributed by atoms with Crippen LogP contribution in [0.15, 0.2) is 35.4 Å². The number of hydrogen-bond donors (Lipinski definition) is 2. The van der Waals surface area contributed by atoms with E-state index in [1.54, 1.807) is 0 Å². The van der Waals surface area contributed by atoms with Gasteiger partial charge < -0.3 is 16.0 Å². The summed E-state index contributed by atoms with van der Waals surface area (Å²) in [6.07, 6.45) is 5.07. The van der Waals surface area contributed by atoms with Crippen molar-refractivity contribution in [3.63, 3.8) is 0 Å². The van der Waals surface area contributed by atoms with Crippen molar-refractivity contribution < 1.29 is 4.79 Å². The molecule has 1 amide bonds. The first-order valence-electron chi connectivity index (χ1n) is 12.3. The molecule has 7 nitrogen and oxygen atoms in total. The number of nitrogens with one attached hydrogen (secondary N) is 1. The molecular weight excluding hydrogens is 456 g/mol. The molecule has 2 aliphatic rings. The summed E-state index contributed by atoms with van der Waals surface area (Å²) in [5.74, 6) is 0.113. The number of hydrogen-bond acceptors (Lipinski definition) is 7. The molecule has 1 aromatic heterocycles. The smallest absolute Gasteiger partial charge is 0.235 e. The van der Waals surface area contributed by atoms with Gasteiger partial charge in [0.2, 0.25) is 5.91 Å². The molecule has 3 N–H and O–H groups in total. The molecular formula is C27H32N6OS. The van der Waals surface area contributed by atoms with Crippen molar-refractivity contribution in [2.24, 2.45) is 11.1 Å². The summed E-state index contributed by atoms with van der Waals surface area (Å²) in [6, 6.07) is 14.3. The number of carbonyl (C=O) groups is 1. The number of rotatable bonds is 9. The molecule has 182 valence electrons. The Labute approximate surface area is 211 Å². The number of carbonyl (C=O) groups excluding carboxylic acids is 1. The second kappa shape index (κ2) is 10.7. The molecule has 35 heavy (non-hydrogen) atoms. The zero-order valence-corrected chi connectivity index (χ0v) is 21.2. The Balaban J connectivity index is 1.62. The van der Waals surface area contributed by atoms with E-state index in [-0.39, 0.29) is 0 Å². The Hall–Kier alpha value is -3.07. The Kier molecular flexibility index (Phi) is 7.64. The largest absolute Gasteiger partial charge is 0.368 e. The number of piperidine rings is 1. The van der Waals surface area contributed by atoms with Crippen molar-refractivity contribution in [3.05, 3.63) is 52.6 Å². The Morgan fingerprint density at radius 1 is 1.23 bits per heavy atom. The van der Waals surface area contributed by atoms with Gasteiger partial charge in [0, 0.05) is 25.7 Å². The third kappa shape index (κ3) is 5.61. The number of amides is 1. The normalized spacial score (nSPS) is 17.9. The average molecular weight is 489 g/mol. The van der Waals surface area contributed by atoms with Crippen LogP contribution in [0.25, 0.3) is 0 Å². The summed E-state index contributed by atoms with van der Waals surface area (Å²) in [6.45, 7) is 6.90. The van der Waals surface area contributed by atoms with E-state index in [0.717, 1.165) is 38.0 Å². The zero-order chi connectivity index (χ0) is 25.0. The maximum atomic E-state index is 12.4. The summed E-state index contributed by atoms with van der Waals surface area (Å²) in [5.41, 5.74) is 8.48. The van der Waals surface area contributed by atoms with E-state index >= 15 is 0 Å². The lowest BCUT2D eigenvalue weighted by Crippen LogP contribution is -2.44. The lowest BCUT2D eigenvalue weighted by Gasteiger charge is -2.35. The highest BCUT2D eigenvalue weighted by Crippen LogP contribution is 2.44. The van der Waals surface area contributed by atoms with E-state index < -0.39 is 11.2 Å². The van der Waals surface area contributed by atoms with E-state index in [1.165, 1.54) is 24.6 Å². The van der Waals surface area contributed by atoms with Gasteiger partial charge >= 0.3 is 0 Å². The van der Waals surface area contributed by atoms with E-state index in [9.17, 15) is 15.3 Å². The summed E-state index contributed by atoms with van der Waals surface area (Å²) >= 11 is 1.19. The van der Waals surface area contributed by atoms with Gasteiger partial charge in [0.15, 0.2) is 0 Å². The van der Waals surface area contributed by atoms with Gasteiger partial charge in [-0.1, -0.05) is 55.9 Å². The molecule has 1 saturated heterocycles. The summed E-state index contributed by atoms with van der Waals surface area (Å²) < 4.78 is 0. The minimum Gasteiger partial charge on any atom is -0.368 e. The van der Waals surface area contributed by atoms with Crippen LogP contribution in [-0.2, 0) is 11.2 Å². The number of thioether (sulfide) groups is 1. The van der Waals surface area contributed by atoms with Crippen molar-refractivity contribution in [1.82, 2.24) is 10.3 Å². The molecule has 1 aromatic carbocycles. The monoisotopic (exact) mass is 488 g/mol. The van der Waals surface area contributed by atoms with Gasteiger partial charge in [-0.05, 0) is 48.6 Å². The fraction of sp³-hybridized carbons (Fsp3) is 0.481. The number of nitriles is 2. The molecule has 1 saturated carbocycles. The highest BCUT2D eigenvalue weighted by molar-refractivity contribution is 8.00. The molecule has 1 aliphatic heterocycles. The van der Waals surface area contributed by atoms with Crippen LogP contribution >= 0.6 is 11.8 Å². The van der Waals surface area contributed by atoms with E-state index in [0.29, 0.717) is 45.4 Å². The number of nitrogens with two attached hydrogens (primary N) is 1. The number of benzene rings is 1. The highest BCUT2D eigenvalue weighted by Gasteiger charge is 2.37. The molecule has 0 radical (unpaired) electrons.